The maximum atomic E-state index is 12.0. The van der Waals surface area contributed by atoms with Gasteiger partial charge in [0.05, 0.1) is 12.8 Å². The number of ether oxygens (including phenoxy) is 1. The van der Waals surface area contributed by atoms with Gasteiger partial charge in [0.1, 0.15) is 5.75 Å². The Bertz CT molecular complexity index is 541. The lowest BCUT2D eigenvalue weighted by atomic mass is 9.95. The standard InChI is InChI=1S/C15H19NO4/c1-15(2,3)14(19)16-11-9-10(6-8-13(17)18)5-7-12(11)20-4/h5-9H,1-4H3,(H,16,19)(H,17,18)/b8-6+. The summed E-state index contributed by atoms with van der Waals surface area (Å²) in [4.78, 5) is 22.5. The Kier molecular flexibility index (Phi) is 4.91. The van der Waals surface area contributed by atoms with Gasteiger partial charge in [0, 0.05) is 11.5 Å². The van der Waals surface area contributed by atoms with E-state index in [9.17, 15) is 9.59 Å². The number of carbonyl (C=O) groups is 2. The van der Waals surface area contributed by atoms with Crippen molar-refractivity contribution in [2.24, 2.45) is 5.41 Å². The molecule has 0 spiro atoms. The molecule has 5 nitrogen and oxygen atoms in total. The zero-order valence-corrected chi connectivity index (χ0v) is 12.1. The Balaban J connectivity index is 3.06. The molecule has 0 atom stereocenters. The van der Waals surface area contributed by atoms with Crippen molar-refractivity contribution >= 4 is 23.6 Å². The minimum atomic E-state index is -1.03. The maximum absolute atomic E-state index is 12.0. The molecule has 0 bridgehead atoms. The highest BCUT2D eigenvalue weighted by Crippen LogP contribution is 2.28. The molecule has 5 heteroatoms. The fourth-order valence-electron chi connectivity index (χ4n) is 1.40. The van der Waals surface area contributed by atoms with E-state index in [1.807, 2.05) is 20.8 Å². The number of hydrogen-bond acceptors (Lipinski definition) is 3. The lowest BCUT2D eigenvalue weighted by molar-refractivity contribution is -0.131. The van der Waals surface area contributed by atoms with E-state index < -0.39 is 11.4 Å². The predicted molar refractivity (Wildman–Crippen MR) is 77.7 cm³/mol. The van der Waals surface area contributed by atoms with Gasteiger partial charge in [-0.15, -0.1) is 0 Å². The van der Waals surface area contributed by atoms with Crippen LogP contribution in [0, 0.1) is 5.41 Å². The Morgan fingerprint density at radius 2 is 1.95 bits per heavy atom. The summed E-state index contributed by atoms with van der Waals surface area (Å²) in [6.07, 6.45) is 2.49. The number of carboxylic acid groups (broad SMARTS) is 1. The molecule has 0 heterocycles. The molecule has 0 aliphatic carbocycles. The highest BCUT2D eigenvalue weighted by atomic mass is 16.5. The number of anilines is 1. The summed E-state index contributed by atoms with van der Waals surface area (Å²) in [7, 11) is 1.51. The largest absolute Gasteiger partial charge is 0.495 e. The normalized spacial score (nSPS) is 11.4. The number of methoxy groups -OCH3 is 1. The quantitative estimate of drug-likeness (QED) is 0.830. The number of carboxylic acids is 1. The number of benzene rings is 1. The lowest BCUT2D eigenvalue weighted by Crippen LogP contribution is -2.27. The first-order valence-corrected chi connectivity index (χ1v) is 6.14. The molecule has 20 heavy (non-hydrogen) atoms. The van der Waals surface area contributed by atoms with Crippen LogP contribution in [0.15, 0.2) is 24.3 Å². The summed E-state index contributed by atoms with van der Waals surface area (Å²) in [5, 5.41) is 11.4. The number of nitrogens with one attached hydrogen (secondary N) is 1. The highest BCUT2D eigenvalue weighted by molar-refractivity contribution is 5.96. The van der Waals surface area contributed by atoms with E-state index in [2.05, 4.69) is 5.32 Å². The van der Waals surface area contributed by atoms with Crippen molar-refractivity contribution in [2.75, 3.05) is 12.4 Å². The van der Waals surface area contributed by atoms with Gasteiger partial charge in [-0.2, -0.15) is 0 Å². The molecule has 1 amide bonds. The molecule has 0 aliphatic heterocycles. The second-order valence-corrected chi connectivity index (χ2v) is 5.34. The zero-order valence-electron chi connectivity index (χ0n) is 12.1. The highest BCUT2D eigenvalue weighted by Gasteiger charge is 2.22. The minimum Gasteiger partial charge on any atom is -0.495 e. The average molecular weight is 277 g/mol. The van der Waals surface area contributed by atoms with Crippen LogP contribution >= 0.6 is 0 Å². The molecule has 0 fully saturated rings. The number of hydrogen-bond donors (Lipinski definition) is 2. The van der Waals surface area contributed by atoms with E-state index in [4.69, 9.17) is 9.84 Å². The number of rotatable bonds is 4. The Morgan fingerprint density at radius 3 is 2.45 bits per heavy atom. The van der Waals surface area contributed by atoms with Crippen molar-refractivity contribution in [1.82, 2.24) is 0 Å². The fourth-order valence-corrected chi connectivity index (χ4v) is 1.40. The molecule has 0 aliphatic rings. The van der Waals surface area contributed by atoms with Crippen molar-refractivity contribution in [1.29, 1.82) is 0 Å². The van der Waals surface area contributed by atoms with Gasteiger partial charge in [0.2, 0.25) is 5.91 Å². The summed E-state index contributed by atoms with van der Waals surface area (Å²) in [6.45, 7) is 5.43. The van der Waals surface area contributed by atoms with Crippen LogP contribution in [0.25, 0.3) is 6.08 Å². The first-order chi connectivity index (χ1) is 9.24. The van der Waals surface area contributed by atoms with Crippen LogP contribution in [-0.2, 0) is 9.59 Å². The Morgan fingerprint density at radius 1 is 1.30 bits per heavy atom. The van der Waals surface area contributed by atoms with Crippen molar-refractivity contribution in [3.8, 4) is 5.75 Å². The third kappa shape index (κ3) is 4.42. The van der Waals surface area contributed by atoms with Crippen LogP contribution in [0.5, 0.6) is 5.75 Å². The first-order valence-electron chi connectivity index (χ1n) is 6.14. The fraction of sp³-hybridized carbons (Fsp3) is 0.333. The van der Waals surface area contributed by atoms with Gasteiger partial charge in [0.25, 0.3) is 0 Å². The summed E-state index contributed by atoms with van der Waals surface area (Å²) in [5.74, 6) is -0.647. The van der Waals surface area contributed by atoms with Crippen LogP contribution in [-0.4, -0.2) is 24.1 Å². The van der Waals surface area contributed by atoms with E-state index in [0.29, 0.717) is 17.0 Å². The maximum Gasteiger partial charge on any atom is 0.328 e. The second-order valence-electron chi connectivity index (χ2n) is 5.34. The molecule has 0 saturated heterocycles. The van der Waals surface area contributed by atoms with E-state index in [1.54, 1.807) is 18.2 Å². The molecule has 1 aromatic rings. The summed E-state index contributed by atoms with van der Waals surface area (Å²) in [6, 6.07) is 5.06. The summed E-state index contributed by atoms with van der Waals surface area (Å²) < 4.78 is 5.18. The van der Waals surface area contributed by atoms with Gasteiger partial charge in [-0.25, -0.2) is 4.79 Å². The van der Waals surface area contributed by atoms with Gasteiger partial charge in [-0.3, -0.25) is 4.79 Å². The van der Waals surface area contributed by atoms with E-state index in [1.165, 1.54) is 13.2 Å². The molecular formula is C15H19NO4. The van der Waals surface area contributed by atoms with Gasteiger partial charge in [0.15, 0.2) is 0 Å². The van der Waals surface area contributed by atoms with E-state index >= 15 is 0 Å². The predicted octanol–water partition coefficient (Wildman–Crippen LogP) is 2.78. The monoisotopic (exact) mass is 277 g/mol. The molecule has 0 radical (unpaired) electrons. The third-order valence-electron chi connectivity index (χ3n) is 2.57. The van der Waals surface area contributed by atoms with Gasteiger partial charge < -0.3 is 15.2 Å². The molecule has 1 aromatic carbocycles. The molecule has 1 rings (SSSR count). The van der Waals surface area contributed by atoms with Gasteiger partial charge >= 0.3 is 5.97 Å². The molecule has 2 N–H and O–H groups in total. The minimum absolute atomic E-state index is 0.143. The lowest BCUT2D eigenvalue weighted by Gasteiger charge is -2.19. The zero-order chi connectivity index (χ0) is 15.3. The van der Waals surface area contributed by atoms with Gasteiger partial charge in [-0.1, -0.05) is 26.8 Å². The molecule has 0 aromatic heterocycles. The SMILES string of the molecule is COc1ccc(/C=C/C(=O)O)cc1NC(=O)C(C)(C)C. The average Bonchev–Trinajstić information content (AvgIpc) is 2.35. The molecule has 0 unspecified atom stereocenters. The van der Waals surface area contributed by atoms with Crippen LogP contribution in [0.3, 0.4) is 0 Å². The van der Waals surface area contributed by atoms with Crippen molar-refractivity contribution in [2.45, 2.75) is 20.8 Å². The molecular weight excluding hydrogens is 258 g/mol. The van der Waals surface area contributed by atoms with Crippen molar-refractivity contribution < 1.29 is 19.4 Å². The number of amides is 1. The Hall–Kier alpha value is -2.30. The molecule has 108 valence electrons. The summed E-state index contributed by atoms with van der Waals surface area (Å²) in [5.41, 5.74) is 0.648. The third-order valence-corrected chi connectivity index (χ3v) is 2.57. The van der Waals surface area contributed by atoms with Gasteiger partial charge in [-0.05, 0) is 23.8 Å². The number of carbonyl (C=O) groups excluding carboxylic acids is 1. The van der Waals surface area contributed by atoms with Crippen LogP contribution < -0.4 is 10.1 Å². The second kappa shape index (κ2) is 6.23. The first kappa shape index (κ1) is 15.8. The van der Waals surface area contributed by atoms with E-state index in [0.717, 1.165) is 6.08 Å². The van der Waals surface area contributed by atoms with Crippen LogP contribution in [0.2, 0.25) is 0 Å². The van der Waals surface area contributed by atoms with Crippen molar-refractivity contribution in [3.63, 3.8) is 0 Å². The van der Waals surface area contributed by atoms with E-state index in [-0.39, 0.29) is 5.91 Å². The summed E-state index contributed by atoms with van der Waals surface area (Å²) >= 11 is 0. The van der Waals surface area contributed by atoms with Crippen LogP contribution in [0.4, 0.5) is 5.69 Å². The topological polar surface area (TPSA) is 75.6 Å². The van der Waals surface area contributed by atoms with Crippen molar-refractivity contribution in [3.05, 3.63) is 29.8 Å². The van der Waals surface area contributed by atoms with Crippen LogP contribution in [0.1, 0.15) is 26.3 Å². The smallest absolute Gasteiger partial charge is 0.328 e. The Labute approximate surface area is 118 Å². The number of aliphatic carboxylic acids is 1. The molecule has 0 saturated carbocycles.